The number of rotatable bonds is 10. The van der Waals surface area contributed by atoms with Crippen LogP contribution in [0.15, 0.2) is 41.5 Å². The van der Waals surface area contributed by atoms with Crippen LogP contribution < -0.4 is 24.8 Å². The van der Waals surface area contributed by atoms with Crippen molar-refractivity contribution in [2.75, 3.05) is 27.8 Å². The third kappa shape index (κ3) is 6.55. The Kier molecular flexibility index (Phi) is 9.08. The SMILES string of the molecule is CCC(CC)CNC(=NC)NCc1ccc(Oc2c(OC)cccc2OC)nc1. The van der Waals surface area contributed by atoms with Crippen molar-refractivity contribution in [3.63, 3.8) is 0 Å². The first kappa shape index (κ1) is 22.3. The third-order valence-corrected chi connectivity index (χ3v) is 4.78. The summed E-state index contributed by atoms with van der Waals surface area (Å²) >= 11 is 0. The fourth-order valence-electron chi connectivity index (χ4n) is 2.82. The van der Waals surface area contributed by atoms with E-state index in [2.05, 4.69) is 34.5 Å². The Labute approximate surface area is 173 Å². The molecule has 0 atom stereocenters. The standard InChI is InChI=1S/C22H32N4O3/c1-6-16(7-2)13-25-22(23-3)26-15-17-11-12-20(24-14-17)29-21-18(27-4)9-8-10-19(21)28-5/h8-12,14,16H,6-7,13,15H2,1-5H3,(H2,23,25,26). The van der Waals surface area contributed by atoms with E-state index in [1.54, 1.807) is 27.5 Å². The van der Waals surface area contributed by atoms with Crippen LogP contribution in [0.3, 0.4) is 0 Å². The van der Waals surface area contributed by atoms with Gasteiger partial charge in [-0.2, -0.15) is 0 Å². The van der Waals surface area contributed by atoms with E-state index in [0.29, 0.717) is 35.6 Å². The Balaban J connectivity index is 1.95. The summed E-state index contributed by atoms with van der Waals surface area (Å²) in [6.07, 6.45) is 4.09. The minimum absolute atomic E-state index is 0.466. The van der Waals surface area contributed by atoms with Crippen molar-refractivity contribution in [2.24, 2.45) is 10.9 Å². The first-order valence-electron chi connectivity index (χ1n) is 9.93. The molecule has 0 aliphatic heterocycles. The largest absolute Gasteiger partial charge is 0.493 e. The monoisotopic (exact) mass is 400 g/mol. The Morgan fingerprint density at radius 1 is 1.03 bits per heavy atom. The smallest absolute Gasteiger partial charge is 0.219 e. The Morgan fingerprint density at radius 2 is 1.72 bits per heavy atom. The molecular weight excluding hydrogens is 368 g/mol. The number of nitrogens with one attached hydrogen (secondary N) is 2. The normalized spacial score (nSPS) is 11.3. The van der Waals surface area contributed by atoms with Crippen LogP contribution in [0.5, 0.6) is 23.1 Å². The van der Waals surface area contributed by atoms with E-state index in [0.717, 1.165) is 30.9 Å². The molecule has 1 aromatic carbocycles. The van der Waals surface area contributed by atoms with Crippen LogP contribution >= 0.6 is 0 Å². The second-order valence-electron chi connectivity index (χ2n) is 6.59. The van der Waals surface area contributed by atoms with Crippen molar-refractivity contribution >= 4 is 5.96 Å². The van der Waals surface area contributed by atoms with Crippen LogP contribution in [-0.2, 0) is 6.54 Å². The zero-order chi connectivity index (χ0) is 21.1. The summed E-state index contributed by atoms with van der Waals surface area (Å²) in [6.45, 7) is 5.95. The van der Waals surface area contributed by atoms with E-state index in [-0.39, 0.29) is 0 Å². The quantitative estimate of drug-likeness (QED) is 0.464. The van der Waals surface area contributed by atoms with Crippen molar-refractivity contribution in [1.29, 1.82) is 0 Å². The number of guanidine groups is 1. The predicted octanol–water partition coefficient (Wildman–Crippen LogP) is 3.99. The summed E-state index contributed by atoms with van der Waals surface area (Å²) in [5.41, 5.74) is 1.02. The predicted molar refractivity (Wildman–Crippen MR) is 116 cm³/mol. The van der Waals surface area contributed by atoms with Gasteiger partial charge in [0.15, 0.2) is 17.5 Å². The molecule has 2 N–H and O–H groups in total. The Hall–Kier alpha value is -2.96. The molecule has 0 amide bonds. The van der Waals surface area contributed by atoms with Gasteiger partial charge in [0, 0.05) is 32.4 Å². The van der Waals surface area contributed by atoms with Gasteiger partial charge in [-0.3, -0.25) is 4.99 Å². The van der Waals surface area contributed by atoms with Crippen LogP contribution in [0.1, 0.15) is 32.3 Å². The first-order valence-corrected chi connectivity index (χ1v) is 9.93. The lowest BCUT2D eigenvalue weighted by Gasteiger charge is -2.17. The molecule has 0 saturated carbocycles. The summed E-state index contributed by atoms with van der Waals surface area (Å²) in [6, 6.07) is 9.26. The second-order valence-corrected chi connectivity index (χ2v) is 6.59. The maximum atomic E-state index is 5.90. The van der Waals surface area contributed by atoms with Crippen molar-refractivity contribution in [1.82, 2.24) is 15.6 Å². The number of para-hydroxylation sites is 1. The zero-order valence-electron chi connectivity index (χ0n) is 18.0. The summed E-state index contributed by atoms with van der Waals surface area (Å²) in [7, 11) is 4.96. The molecule has 0 aliphatic carbocycles. The van der Waals surface area contributed by atoms with Gasteiger partial charge >= 0.3 is 0 Å². The topological polar surface area (TPSA) is 77.0 Å². The average molecular weight is 401 g/mol. The highest BCUT2D eigenvalue weighted by Crippen LogP contribution is 2.39. The number of hydrogen-bond acceptors (Lipinski definition) is 5. The van der Waals surface area contributed by atoms with Gasteiger partial charge in [0.05, 0.1) is 14.2 Å². The number of ether oxygens (including phenoxy) is 3. The highest BCUT2D eigenvalue weighted by molar-refractivity contribution is 5.79. The van der Waals surface area contributed by atoms with Crippen LogP contribution in [0.25, 0.3) is 0 Å². The van der Waals surface area contributed by atoms with Gasteiger partial charge in [-0.05, 0) is 23.6 Å². The molecule has 0 fully saturated rings. The van der Waals surface area contributed by atoms with Crippen LogP contribution in [0, 0.1) is 5.92 Å². The molecule has 158 valence electrons. The summed E-state index contributed by atoms with van der Waals surface area (Å²) < 4.78 is 16.6. The minimum atomic E-state index is 0.466. The van der Waals surface area contributed by atoms with Gasteiger partial charge in [-0.15, -0.1) is 0 Å². The maximum Gasteiger partial charge on any atom is 0.219 e. The van der Waals surface area contributed by atoms with Gasteiger partial charge < -0.3 is 24.8 Å². The molecule has 0 radical (unpaired) electrons. The molecule has 2 rings (SSSR count). The zero-order valence-corrected chi connectivity index (χ0v) is 18.0. The van der Waals surface area contributed by atoms with E-state index in [4.69, 9.17) is 14.2 Å². The van der Waals surface area contributed by atoms with Gasteiger partial charge in [0.25, 0.3) is 0 Å². The molecule has 0 unspecified atom stereocenters. The lowest BCUT2D eigenvalue weighted by atomic mass is 10.0. The summed E-state index contributed by atoms with van der Waals surface area (Å²) in [5, 5.41) is 6.69. The number of methoxy groups -OCH3 is 2. The van der Waals surface area contributed by atoms with Crippen molar-refractivity contribution in [2.45, 2.75) is 33.2 Å². The Bertz CT molecular complexity index is 752. The van der Waals surface area contributed by atoms with E-state index < -0.39 is 0 Å². The van der Waals surface area contributed by atoms with Crippen LogP contribution in [-0.4, -0.2) is 38.8 Å². The number of benzene rings is 1. The number of aromatic nitrogens is 1. The molecule has 0 aliphatic rings. The second kappa shape index (κ2) is 11.8. The fourth-order valence-corrected chi connectivity index (χ4v) is 2.82. The fraction of sp³-hybridized carbons (Fsp3) is 0.455. The number of pyridine rings is 1. The first-order chi connectivity index (χ1) is 14.1. The molecule has 29 heavy (non-hydrogen) atoms. The maximum absolute atomic E-state index is 5.90. The van der Waals surface area contributed by atoms with Gasteiger partial charge in [0.1, 0.15) is 0 Å². The summed E-state index contributed by atoms with van der Waals surface area (Å²) in [4.78, 5) is 8.67. The summed E-state index contributed by atoms with van der Waals surface area (Å²) in [5.74, 6) is 3.58. The van der Waals surface area contributed by atoms with Crippen LogP contribution in [0.2, 0.25) is 0 Å². The van der Waals surface area contributed by atoms with Crippen molar-refractivity contribution in [3.05, 3.63) is 42.1 Å². The molecule has 2 aromatic rings. The van der Waals surface area contributed by atoms with Gasteiger partial charge in [-0.1, -0.05) is 38.8 Å². The molecule has 0 bridgehead atoms. The highest BCUT2D eigenvalue weighted by atomic mass is 16.5. The number of aliphatic imine (C=N–C) groups is 1. The lowest BCUT2D eigenvalue weighted by molar-refractivity contribution is 0.342. The van der Waals surface area contributed by atoms with E-state index in [1.165, 1.54) is 0 Å². The molecule has 0 spiro atoms. The van der Waals surface area contributed by atoms with Crippen LogP contribution in [0.4, 0.5) is 0 Å². The number of nitrogens with zero attached hydrogens (tertiary/aromatic N) is 2. The van der Waals surface area contributed by atoms with Gasteiger partial charge in [0.2, 0.25) is 11.6 Å². The van der Waals surface area contributed by atoms with E-state index >= 15 is 0 Å². The lowest BCUT2D eigenvalue weighted by Crippen LogP contribution is -2.39. The average Bonchev–Trinajstić information content (AvgIpc) is 2.77. The molecule has 0 saturated heterocycles. The molecule has 7 heteroatoms. The molecule has 1 aromatic heterocycles. The molecule has 1 heterocycles. The van der Waals surface area contributed by atoms with Crippen molar-refractivity contribution < 1.29 is 14.2 Å². The Morgan fingerprint density at radius 3 is 2.24 bits per heavy atom. The molecule has 7 nitrogen and oxygen atoms in total. The van der Waals surface area contributed by atoms with E-state index in [1.807, 2.05) is 30.3 Å². The van der Waals surface area contributed by atoms with Crippen molar-refractivity contribution in [3.8, 4) is 23.1 Å². The third-order valence-electron chi connectivity index (χ3n) is 4.78. The number of hydrogen-bond donors (Lipinski definition) is 2. The van der Waals surface area contributed by atoms with E-state index in [9.17, 15) is 0 Å². The highest BCUT2D eigenvalue weighted by Gasteiger charge is 2.13. The van der Waals surface area contributed by atoms with Gasteiger partial charge in [-0.25, -0.2) is 4.98 Å². The molecular formula is C22H32N4O3. The minimum Gasteiger partial charge on any atom is -0.493 e.